The van der Waals surface area contributed by atoms with Gasteiger partial charge in [0, 0.05) is 6.04 Å². The molecule has 0 bridgehead atoms. The second kappa shape index (κ2) is 6.47. The van der Waals surface area contributed by atoms with E-state index in [4.69, 9.17) is 21.4 Å². The first kappa shape index (κ1) is 13.0. The third kappa shape index (κ3) is 4.90. The third-order valence-electron chi connectivity index (χ3n) is 1.48. The molecule has 0 aromatic heterocycles. The smallest absolute Gasteiger partial charge is 0.186 e. The van der Waals surface area contributed by atoms with E-state index in [9.17, 15) is 0 Å². The van der Waals surface area contributed by atoms with Crippen LogP contribution in [-0.2, 0) is 4.84 Å². The van der Waals surface area contributed by atoms with Gasteiger partial charge in [-0.25, -0.2) is 4.99 Å². The van der Waals surface area contributed by atoms with Gasteiger partial charge in [-0.2, -0.15) is 0 Å². The van der Waals surface area contributed by atoms with E-state index in [2.05, 4.69) is 16.9 Å². The summed E-state index contributed by atoms with van der Waals surface area (Å²) < 4.78 is 0. The number of rotatable bonds is 5. The predicted molar refractivity (Wildman–Crippen MR) is 56.2 cm³/mol. The van der Waals surface area contributed by atoms with Crippen LogP contribution < -0.4 is 11.5 Å². The number of nitrogens with zero attached hydrogens (tertiary/aromatic N) is 2. The fourth-order valence-corrected chi connectivity index (χ4v) is 0.632. The van der Waals surface area contributed by atoms with Crippen LogP contribution in [0.1, 0.15) is 13.8 Å². The molecule has 0 saturated heterocycles. The molecular formula is C8H18N4O2. The number of oxime groups is 1. The summed E-state index contributed by atoms with van der Waals surface area (Å²) in [5, 5.41) is 12.8. The minimum Gasteiger partial charge on any atom is -0.393 e. The highest BCUT2D eigenvalue weighted by atomic mass is 16.6. The van der Waals surface area contributed by atoms with Gasteiger partial charge in [0.25, 0.3) is 0 Å². The minimum atomic E-state index is -0.752. The van der Waals surface area contributed by atoms with E-state index in [0.29, 0.717) is 0 Å². The van der Waals surface area contributed by atoms with Gasteiger partial charge in [0.1, 0.15) is 6.61 Å². The van der Waals surface area contributed by atoms with Crippen LogP contribution >= 0.6 is 0 Å². The predicted octanol–water partition coefficient (Wildman–Crippen LogP) is -0.928. The standard InChI is InChI=1S/C8H18N4O2/c1-5(9)4-14-12-8(11-3)7(10)6(2)13/h5-7,13H,3-4,9-10H2,1-2H3/b12-8-/t5-,6?,7?/m0/s1. The third-order valence-corrected chi connectivity index (χ3v) is 1.48. The Morgan fingerprint density at radius 3 is 2.43 bits per heavy atom. The second-order valence-electron chi connectivity index (χ2n) is 3.15. The van der Waals surface area contributed by atoms with E-state index < -0.39 is 12.1 Å². The van der Waals surface area contributed by atoms with Gasteiger partial charge in [-0.1, -0.05) is 5.16 Å². The van der Waals surface area contributed by atoms with E-state index in [0.717, 1.165) is 0 Å². The van der Waals surface area contributed by atoms with Crippen molar-refractivity contribution in [3.05, 3.63) is 0 Å². The summed E-state index contributed by atoms with van der Waals surface area (Å²) in [6.45, 7) is 6.87. The van der Waals surface area contributed by atoms with Gasteiger partial charge in [0.15, 0.2) is 5.84 Å². The first-order valence-electron chi connectivity index (χ1n) is 4.34. The molecule has 0 spiro atoms. The number of aliphatic hydroxyl groups excluding tert-OH is 1. The number of hydrogen-bond donors (Lipinski definition) is 3. The molecule has 0 amide bonds. The average molecular weight is 202 g/mol. The highest BCUT2D eigenvalue weighted by Gasteiger charge is 2.16. The zero-order valence-corrected chi connectivity index (χ0v) is 8.55. The number of nitrogens with two attached hydrogens (primary N) is 2. The highest BCUT2D eigenvalue weighted by Crippen LogP contribution is 1.95. The van der Waals surface area contributed by atoms with Crippen LogP contribution in [0.25, 0.3) is 0 Å². The summed E-state index contributed by atoms with van der Waals surface area (Å²) in [7, 11) is 0. The summed E-state index contributed by atoms with van der Waals surface area (Å²) >= 11 is 0. The van der Waals surface area contributed by atoms with Crippen LogP contribution in [0.4, 0.5) is 0 Å². The van der Waals surface area contributed by atoms with Crippen LogP contribution in [0.2, 0.25) is 0 Å². The number of amidine groups is 1. The van der Waals surface area contributed by atoms with Gasteiger partial charge in [-0.05, 0) is 20.6 Å². The molecule has 0 aromatic carbocycles. The molecule has 0 aromatic rings. The molecule has 0 aliphatic heterocycles. The maximum atomic E-state index is 9.16. The molecular weight excluding hydrogens is 184 g/mol. The Balaban J connectivity index is 4.18. The Morgan fingerprint density at radius 1 is 1.50 bits per heavy atom. The quantitative estimate of drug-likeness (QED) is 0.304. The Morgan fingerprint density at radius 2 is 2.07 bits per heavy atom. The molecule has 0 fully saturated rings. The first-order chi connectivity index (χ1) is 6.49. The first-order valence-corrected chi connectivity index (χ1v) is 4.34. The topological polar surface area (TPSA) is 106 Å². The highest BCUT2D eigenvalue weighted by molar-refractivity contribution is 5.90. The molecule has 5 N–H and O–H groups in total. The van der Waals surface area contributed by atoms with Crippen molar-refractivity contribution in [2.24, 2.45) is 21.6 Å². The molecule has 0 saturated carbocycles. The lowest BCUT2D eigenvalue weighted by Gasteiger charge is -2.13. The van der Waals surface area contributed by atoms with Gasteiger partial charge in [0.05, 0.1) is 12.1 Å². The monoisotopic (exact) mass is 202 g/mol. The van der Waals surface area contributed by atoms with Gasteiger partial charge >= 0.3 is 0 Å². The van der Waals surface area contributed by atoms with Gasteiger partial charge in [-0.3, -0.25) is 0 Å². The summed E-state index contributed by atoms with van der Waals surface area (Å²) in [4.78, 5) is 8.41. The fourth-order valence-electron chi connectivity index (χ4n) is 0.632. The van der Waals surface area contributed by atoms with Gasteiger partial charge in [-0.15, -0.1) is 0 Å². The minimum absolute atomic E-state index is 0.118. The average Bonchev–Trinajstić information content (AvgIpc) is 2.10. The summed E-state index contributed by atoms with van der Waals surface area (Å²) in [6, 6.07) is -0.812. The number of aliphatic imine (C=N–C) groups is 1. The summed E-state index contributed by atoms with van der Waals surface area (Å²) in [5.74, 6) is 0.167. The van der Waals surface area contributed by atoms with Crippen LogP contribution in [-0.4, -0.2) is 42.5 Å². The van der Waals surface area contributed by atoms with Crippen LogP contribution in [0.15, 0.2) is 10.1 Å². The molecule has 0 rings (SSSR count). The molecule has 0 aliphatic carbocycles. The summed E-state index contributed by atoms with van der Waals surface area (Å²) in [5.41, 5.74) is 11.0. The molecule has 3 atom stereocenters. The van der Waals surface area contributed by atoms with E-state index in [1.54, 1.807) is 6.92 Å². The maximum absolute atomic E-state index is 9.16. The fraction of sp³-hybridized carbons (Fsp3) is 0.750. The molecule has 0 radical (unpaired) electrons. The van der Waals surface area contributed by atoms with Crippen molar-refractivity contribution in [2.75, 3.05) is 6.61 Å². The normalized spacial score (nSPS) is 18.5. The molecule has 14 heavy (non-hydrogen) atoms. The van der Waals surface area contributed by atoms with E-state index >= 15 is 0 Å². The molecule has 0 aliphatic rings. The second-order valence-corrected chi connectivity index (χ2v) is 3.15. The van der Waals surface area contributed by atoms with Crippen LogP contribution in [0, 0.1) is 0 Å². The van der Waals surface area contributed by atoms with Crippen molar-refractivity contribution in [2.45, 2.75) is 32.0 Å². The Kier molecular flexibility index (Phi) is 6.02. The van der Waals surface area contributed by atoms with Crippen LogP contribution in [0.5, 0.6) is 0 Å². The van der Waals surface area contributed by atoms with Crippen molar-refractivity contribution >= 4 is 12.6 Å². The van der Waals surface area contributed by atoms with Crippen molar-refractivity contribution in [3.63, 3.8) is 0 Å². The Labute approximate surface area is 83.6 Å². The van der Waals surface area contributed by atoms with Gasteiger partial charge < -0.3 is 21.4 Å². The van der Waals surface area contributed by atoms with E-state index in [1.165, 1.54) is 6.92 Å². The van der Waals surface area contributed by atoms with Gasteiger partial charge in [0.2, 0.25) is 0 Å². The Hall–Kier alpha value is -0.980. The van der Waals surface area contributed by atoms with Crippen molar-refractivity contribution in [3.8, 4) is 0 Å². The lowest BCUT2D eigenvalue weighted by atomic mass is 10.2. The zero-order chi connectivity index (χ0) is 11.1. The van der Waals surface area contributed by atoms with E-state index in [1.807, 2.05) is 0 Å². The van der Waals surface area contributed by atoms with Crippen molar-refractivity contribution in [1.29, 1.82) is 0 Å². The Bertz CT molecular complexity index is 204. The molecule has 6 nitrogen and oxygen atoms in total. The SMILES string of the molecule is C=N/C(=N\OC[C@H](C)N)C(N)C(C)O. The molecule has 0 heterocycles. The van der Waals surface area contributed by atoms with Crippen molar-refractivity contribution < 1.29 is 9.94 Å². The lowest BCUT2D eigenvalue weighted by Crippen LogP contribution is -2.39. The number of aliphatic hydroxyl groups is 1. The van der Waals surface area contributed by atoms with Crippen molar-refractivity contribution in [1.82, 2.24) is 0 Å². The molecule has 82 valence electrons. The zero-order valence-electron chi connectivity index (χ0n) is 8.55. The maximum Gasteiger partial charge on any atom is 0.186 e. The molecule has 6 heteroatoms. The summed E-state index contributed by atoms with van der Waals surface area (Å²) in [6.07, 6.45) is -0.752. The van der Waals surface area contributed by atoms with E-state index in [-0.39, 0.29) is 18.5 Å². The van der Waals surface area contributed by atoms with Crippen LogP contribution in [0.3, 0.4) is 0 Å². The lowest BCUT2D eigenvalue weighted by molar-refractivity contribution is 0.129. The molecule has 2 unspecified atom stereocenters. The number of hydrogen-bond acceptors (Lipinski definition) is 5. The largest absolute Gasteiger partial charge is 0.393 e.